The number of aryl methyl sites for hydroxylation is 1. The van der Waals surface area contributed by atoms with Crippen LogP contribution in [0, 0.1) is 6.92 Å². The Morgan fingerprint density at radius 3 is 2.69 bits per heavy atom. The molecule has 1 N–H and O–H groups in total. The summed E-state index contributed by atoms with van der Waals surface area (Å²) in [5, 5.41) is 11.0. The smallest absolute Gasteiger partial charge is 0.313 e. The number of amides is 2. The molecule has 0 saturated carbocycles. The average Bonchev–Trinajstić information content (AvgIpc) is 3.14. The minimum atomic E-state index is -0.620. The molecule has 1 saturated heterocycles. The molecular formula is C19H21N7O2S. The highest BCUT2D eigenvalue weighted by Crippen LogP contribution is 2.20. The number of hydrogen-bond donors (Lipinski definition) is 1. The Morgan fingerprint density at radius 1 is 1.14 bits per heavy atom. The fraction of sp³-hybridized carbons (Fsp3) is 0.316. The summed E-state index contributed by atoms with van der Waals surface area (Å²) in [5.74, 6) is 0.381. The Balaban J connectivity index is 1.39. The van der Waals surface area contributed by atoms with Crippen LogP contribution in [0.5, 0.6) is 0 Å². The van der Waals surface area contributed by atoms with Crippen molar-refractivity contribution < 1.29 is 9.59 Å². The average molecular weight is 411 g/mol. The zero-order valence-electron chi connectivity index (χ0n) is 16.2. The highest BCUT2D eigenvalue weighted by atomic mass is 32.2. The van der Waals surface area contributed by atoms with Crippen molar-refractivity contribution in [3.05, 3.63) is 42.5 Å². The molecule has 0 radical (unpaired) electrons. The minimum absolute atomic E-state index is 0.437. The molecule has 2 aromatic heterocycles. The number of fused-ring (bicyclic) bond motifs is 1. The van der Waals surface area contributed by atoms with Gasteiger partial charge in [0.15, 0.2) is 5.82 Å². The first-order valence-corrected chi connectivity index (χ1v) is 10.4. The number of piperazine rings is 1. The fourth-order valence-corrected chi connectivity index (χ4v) is 3.76. The van der Waals surface area contributed by atoms with Gasteiger partial charge in [-0.1, -0.05) is 6.07 Å². The Bertz CT molecular complexity index is 1060. The summed E-state index contributed by atoms with van der Waals surface area (Å²) in [6, 6.07) is 7.42. The van der Waals surface area contributed by atoms with E-state index in [1.165, 1.54) is 0 Å². The molecule has 1 aliphatic rings. The Morgan fingerprint density at radius 2 is 1.93 bits per heavy atom. The topological polar surface area (TPSA) is 95.7 Å². The van der Waals surface area contributed by atoms with Gasteiger partial charge in [0.1, 0.15) is 5.82 Å². The predicted molar refractivity (Wildman–Crippen MR) is 111 cm³/mol. The van der Waals surface area contributed by atoms with E-state index in [0.29, 0.717) is 37.5 Å². The van der Waals surface area contributed by atoms with Crippen molar-refractivity contribution in [3.8, 4) is 0 Å². The lowest BCUT2D eigenvalue weighted by molar-refractivity contribution is -0.143. The van der Waals surface area contributed by atoms with Crippen LogP contribution in [0.2, 0.25) is 0 Å². The van der Waals surface area contributed by atoms with E-state index in [0.717, 1.165) is 16.5 Å². The third-order valence-corrected chi connectivity index (χ3v) is 5.59. The summed E-state index contributed by atoms with van der Waals surface area (Å²) in [7, 11) is 0. The SMILES string of the molecule is CSc1cccc(NC(=O)C(=O)N2CCN(c3nccn4c(C)nnc34)CC2)c1. The van der Waals surface area contributed by atoms with Gasteiger partial charge in [-0.05, 0) is 31.4 Å². The number of nitrogens with zero attached hydrogens (tertiary/aromatic N) is 6. The van der Waals surface area contributed by atoms with Crippen LogP contribution in [-0.2, 0) is 9.59 Å². The Hall–Kier alpha value is -3.14. The van der Waals surface area contributed by atoms with Crippen molar-refractivity contribution in [2.24, 2.45) is 0 Å². The Labute approximate surface area is 172 Å². The van der Waals surface area contributed by atoms with Gasteiger partial charge in [0.05, 0.1) is 0 Å². The summed E-state index contributed by atoms with van der Waals surface area (Å²) >= 11 is 1.58. The quantitative estimate of drug-likeness (QED) is 0.515. The molecule has 0 atom stereocenters. The molecular weight excluding hydrogens is 390 g/mol. The normalized spacial score (nSPS) is 14.3. The van der Waals surface area contributed by atoms with E-state index in [4.69, 9.17) is 0 Å². The maximum Gasteiger partial charge on any atom is 0.313 e. The van der Waals surface area contributed by atoms with Crippen molar-refractivity contribution >= 4 is 40.7 Å². The second-order valence-corrected chi connectivity index (χ2v) is 7.54. The molecule has 10 heteroatoms. The maximum absolute atomic E-state index is 12.6. The third-order valence-electron chi connectivity index (χ3n) is 4.87. The standard InChI is InChI=1S/C19H21N7O2S/c1-13-22-23-17-16(20-6-7-26(13)17)24-8-10-25(11-9-24)19(28)18(27)21-14-4-3-5-15(12-14)29-2/h3-7,12H,8-11H2,1-2H3,(H,21,27). The molecule has 3 aromatic rings. The fourth-order valence-electron chi connectivity index (χ4n) is 3.30. The number of hydrogen-bond acceptors (Lipinski definition) is 7. The number of aromatic nitrogens is 4. The van der Waals surface area contributed by atoms with Gasteiger partial charge >= 0.3 is 11.8 Å². The number of benzene rings is 1. The van der Waals surface area contributed by atoms with E-state index in [9.17, 15) is 9.59 Å². The largest absolute Gasteiger partial charge is 0.350 e. The highest BCUT2D eigenvalue weighted by molar-refractivity contribution is 7.98. The van der Waals surface area contributed by atoms with E-state index < -0.39 is 11.8 Å². The molecule has 9 nitrogen and oxygen atoms in total. The van der Waals surface area contributed by atoms with Crippen LogP contribution in [-0.4, -0.2) is 68.7 Å². The van der Waals surface area contributed by atoms with E-state index in [2.05, 4.69) is 25.4 Å². The van der Waals surface area contributed by atoms with Crippen LogP contribution in [0.3, 0.4) is 0 Å². The van der Waals surface area contributed by atoms with Gasteiger partial charge in [-0.25, -0.2) is 4.98 Å². The summed E-state index contributed by atoms with van der Waals surface area (Å²) in [4.78, 5) is 34.0. The maximum atomic E-state index is 12.6. The number of thioether (sulfide) groups is 1. The van der Waals surface area contributed by atoms with Crippen LogP contribution < -0.4 is 10.2 Å². The van der Waals surface area contributed by atoms with Crippen LogP contribution in [0.1, 0.15) is 5.82 Å². The molecule has 4 rings (SSSR count). The van der Waals surface area contributed by atoms with Crippen molar-refractivity contribution in [2.45, 2.75) is 11.8 Å². The van der Waals surface area contributed by atoms with E-state index in [-0.39, 0.29) is 0 Å². The number of rotatable bonds is 3. The molecule has 29 heavy (non-hydrogen) atoms. The molecule has 1 aromatic carbocycles. The lowest BCUT2D eigenvalue weighted by Gasteiger charge is -2.34. The second-order valence-electron chi connectivity index (χ2n) is 6.66. The summed E-state index contributed by atoms with van der Waals surface area (Å²) in [6.45, 7) is 3.90. The zero-order chi connectivity index (χ0) is 20.4. The van der Waals surface area contributed by atoms with E-state index >= 15 is 0 Å². The molecule has 3 heterocycles. The molecule has 0 unspecified atom stereocenters. The first-order chi connectivity index (χ1) is 14.1. The van der Waals surface area contributed by atoms with Gasteiger partial charge < -0.3 is 15.1 Å². The van der Waals surface area contributed by atoms with Crippen LogP contribution in [0.15, 0.2) is 41.6 Å². The van der Waals surface area contributed by atoms with Crippen LogP contribution >= 0.6 is 11.8 Å². The summed E-state index contributed by atoms with van der Waals surface area (Å²) in [6.07, 6.45) is 5.50. The predicted octanol–water partition coefficient (Wildman–Crippen LogP) is 1.44. The van der Waals surface area contributed by atoms with Crippen molar-refractivity contribution in [1.29, 1.82) is 0 Å². The number of anilines is 2. The first-order valence-electron chi connectivity index (χ1n) is 9.22. The summed E-state index contributed by atoms with van der Waals surface area (Å²) in [5.41, 5.74) is 1.31. The molecule has 1 fully saturated rings. The van der Waals surface area contributed by atoms with E-state index in [1.54, 1.807) is 28.9 Å². The molecule has 1 aliphatic heterocycles. The second kappa shape index (κ2) is 8.08. The highest BCUT2D eigenvalue weighted by Gasteiger charge is 2.27. The monoisotopic (exact) mass is 411 g/mol. The summed E-state index contributed by atoms with van der Waals surface area (Å²) < 4.78 is 1.88. The zero-order valence-corrected chi connectivity index (χ0v) is 17.0. The Kier molecular flexibility index (Phi) is 5.34. The van der Waals surface area contributed by atoms with Gasteiger partial charge in [-0.3, -0.25) is 14.0 Å². The van der Waals surface area contributed by atoms with Gasteiger partial charge in [0.25, 0.3) is 0 Å². The molecule has 150 valence electrons. The van der Waals surface area contributed by atoms with Gasteiger partial charge in [-0.2, -0.15) is 0 Å². The van der Waals surface area contributed by atoms with Gasteiger partial charge in [0.2, 0.25) is 5.65 Å². The van der Waals surface area contributed by atoms with Gasteiger partial charge in [0, 0.05) is 49.2 Å². The lowest BCUT2D eigenvalue weighted by atomic mass is 10.3. The van der Waals surface area contributed by atoms with Crippen molar-refractivity contribution in [1.82, 2.24) is 24.5 Å². The number of nitrogens with one attached hydrogen (secondary N) is 1. The number of carbonyl (C=O) groups excluding carboxylic acids is 2. The first kappa shape index (κ1) is 19.2. The van der Waals surface area contributed by atoms with E-state index in [1.807, 2.05) is 42.0 Å². The lowest BCUT2D eigenvalue weighted by Crippen LogP contribution is -2.51. The van der Waals surface area contributed by atoms with Gasteiger partial charge in [-0.15, -0.1) is 22.0 Å². The number of carbonyl (C=O) groups is 2. The van der Waals surface area contributed by atoms with Crippen LogP contribution in [0.4, 0.5) is 11.5 Å². The van der Waals surface area contributed by atoms with Crippen molar-refractivity contribution in [2.75, 3.05) is 42.7 Å². The molecule has 0 aliphatic carbocycles. The minimum Gasteiger partial charge on any atom is -0.350 e. The third kappa shape index (κ3) is 3.88. The molecule has 0 bridgehead atoms. The molecule has 0 spiro atoms. The molecule has 2 amide bonds. The van der Waals surface area contributed by atoms with Crippen LogP contribution in [0.25, 0.3) is 5.65 Å². The van der Waals surface area contributed by atoms with Crippen molar-refractivity contribution in [3.63, 3.8) is 0 Å².